The molecule has 0 fully saturated rings. The second-order valence-corrected chi connectivity index (χ2v) is 4.30. The molecule has 100 valence electrons. The third kappa shape index (κ3) is 2.83. The van der Waals surface area contributed by atoms with Crippen LogP contribution in [0, 0.1) is 5.82 Å². The fraction of sp³-hybridized carbons (Fsp3) is 0.0667. The predicted octanol–water partition coefficient (Wildman–Crippen LogP) is 3.49. The normalized spacial score (nSPS) is 10.4. The monoisotopic (exact) mass is 269 g/mol. The van der Waals surface area contributed by atoms with Crippen LogP contribution in [0.2, 0.25) is 0 Å². The molecule has 0 aliphatic carbocycles. The lowest BCUT2D eigenvalue weighted by Gasteiger charge is -2.07. The predicted molar refractivity (Wildman–Crippen MR) is 73.5 cm³/mol. The number of rotatable bonds is 4. The Labute approximate surface area is 115 Å². The van der Waals surface area contributed by atoms with Crippen molar-refractivity contribution in [1.29, 1.82) is 0 Å². The van der Waals surface area contributed by atoms with Gasteiger partial charge in [0, 0.05) is 17.8 Å². The van der Waals surface area contributed by atoms with E-state index in [1.165, 1.54) is 18.5 Å². The highest BCUT2D eigenvalue weighted by Crippen LogP contribution is 2.20. The third-order valence-corrected chi connectivity index (χ3v) is 2.88. The van der Waals surface area contributed by atoms with Gasteiger partial charge in [0.15, 0.2) is 0 Å². The van der Waals surface area contributed by atoms with Crippen LogP contribution in [-0.4, -0.2) is 10.2 Å². The summed E-state index contributed by atoms with van der Waals surface area (Å²) < 4.78 is 18.0. The summed E-state index contributed by atoms with van der Waals surface area (Å²) in [5, 5.41) is 10.8. The van der Waals surface area contributed by atoms with Crippen LogP contribution in [0.25, 0.3) is 11.5 Å². The van der Waals surface area contributed by atoms with E-state index in [9.17, 15) is 4.39 Å². The summed E-state index contributed by atoms with van der Waals surface area (Å²) in [5.74, 6) is 0.252. The number of hydrogen-bond donors (Lipinski definition) is 1. The molecule has 0 radical (unpaired) electrons. The van der Waals surface area contributed by atoms with E-state index in [0.29, 0.717) is 12.4 Å². The first-order chi connectivity index (χ1) is 9.81. The molecule has 2 aromatic carbocycles. The standard InChI is InChI=1S/C15H12FN3O/c16-13-6-4-11(5-7-13)9-17-14-3-1-2-12(8-14)15-19-18-10-20-15/h1-8,10,17H,9H2. The second-order valence-electron chi connectivity index (χ2n) is 4.30. The molecule has 0 saturated carbocycles. The van der Waals surface area contributed by atoms with Crippen molar-refractivity contribution in [2.75, 3.05) is 5.32 Å². The lowest BCUT2D eigenvalue weighted by molar-refractivity contribution is 0.568. The van der Waals surface area contributed by atoms with Gasteiger partial charge in [-0.3, -0.25) is 0 Å². The molecule has 3 aromatic rings. The molecule has 0 aliphatic rings. The van der Waals surface area contributed by atoms with E-state index < -0.39 is 0 Å². The summed E-state index contributed by atoms with van der Waals surface area (Å²) in [5.41, 5.74) is 2.80. The van der Waals surface area contributed by atoms with Gasteiger partial charge < -0.3 is 9.73 Å². The molecule has 0 spiro atoms. The van der Waals surface area contributed by atoms with Gasteiger partial charge in [0.2, 0.25) is 12.3 Å². The zero-order chi connectivity index (χ0) is 13.8. The minimum atomic E-state index is -0.229. The molecule has 1 aromatic heterocycles. The number of anilines is 1. The van der Waals surface area contributed by atoms with Gasteiger partial charge in [0.05, 0.1) is 0 Å². The fourth-order valence-corrected chi connectivity index (χ4v) is 1.87. The number of hydrogen-bond acceptors (Lipinski definition) is 4. The number of benzene rings is 2. The summed E-state index contributed by atoms with van der Waals surface area (Å²) in [6, 6.07) is 14.1. The topological polar surface area (TPSA) is 51.0 Å². The average molecular weight is 269 g/mol. The Kier molecular flexibility index (Phi) is 3.41. The second kappa shape index (κ2) is 5.52. The molecule has 0 unspecified atom stereocenters. The van der Waals surface area contributed by atoms with Crippen molar-refractivity contribution in [2.45, 2.75) is 6.54 Å². The first-order valence-electron chi connectivity index (χ1n) is 6.16. The lowest BCUT2D eigenvalue weighted by Crippen LogP contribution is -1.99. The number of nitrogens with zero attached hydrogens (tertiary/aromatic N) is 2. The van der Waals surface area contributed by atoms with Crippen molar-refractivity contribution >= 4 is 5.69 Å². The molecule has 1 heterocycles. The molecule has 0 amide bonds. The molecule has 0 atom stereocenters. The molecule has 0 aliphatic heterocycles. The van der Waals surface area contributed by atoms with Crippen LogP contribution in [0.15, 0.2) is 59.3 Å². The van der Waals surface area contributed by atoms with Gasteiger partial charge in [-0.05, 0) is 35.9 Å². The van der Waals surface area contributed by atoms with Gasteiger partial charge in [-0.1, -0.05) is 18.2 Å². The minimum Gasteiger partial charge on any atom is -0.423 e. The molecule has 5 heteroatoms. The molecular formula is C15H12FN3O. The maximum atomic E-state index is 12.8. The highest BCUT2D eigenvalue weighted by Gasteiger charge is 2.04. The van der Waals surface area contributed by atoms with E-state index in [0.717, 1.165) is 16.8 Å². The summed E-state index contributed by atoms with van der Waals surface area (Å²) in [6.45, 7) is 0.619. The Morgan fingerprint density at radius 2 is 1.95 bits per heavy atom. The van der Waals surface area contributed by atoms with Crippen molar-refractivity contribution in [3.05, 3.63) is 66.3 Å². The van der Waals surface area contributed by atoms with Gasteiger partial charge in [-0.2, -0.15) is 0 Å². The van der Waals surface area contributed by atoms with E-state index in [1.807, 2.05) is 24.3 Å². The minimum absolute atomic E-state index is 0.229. The van der Waals surface area contributed by atoms with Crippen LogP contribution in [0.5, 0.6) is 0 Å². The molecule has 20 heavy (non-hydrogen) atoms. The molecule has 4 nitrogen and oxygen atoms in total. The number of halogens is 1. The van der Waals surface area contributed by atoms with E-state index in [4.69, 9.17) is 4.42 Å². The Balaban J connectivity index is 1.72. The van der Waals surface area contributed by atoms with E-state index in [1.54, 1.807) is 12.1 Å². The van der Waals surface area contributed by atoms with Crippen LogP contribution >= 0.6 is 0 Å². The van der Waals surface area contributed by atoms with Crippen molar-refractivity contribution < 1.29 is 8.81 Å². The molecule has 0 saturated heterocycles. The zero-order valence-corrected chi connectivity index (χ0v) is 10.6. The molecule has 0 bridgehead atoms. The lowest BCUT2D eigenvalue weighted by atomic mass is 10.2. The van der Waals surface area contributed by atoms with Crippen LogP contribution in [-0.2, 0) is 6.54 Å². The summed E-state index contributed by atoms with van der Waals surface area (Å²) in [4.78, 5) is 0. The van der Waals surface area contributed by atoms with Crippen LogP contribution in [0.1, 0.15) is 5.56 Å². The van der Waals surface area contributed by atoms with Gasteiger partial charge in [0.1, 0.15) is 5.82 Å². The quantitative estimate of drug-likeness (QED) is 0.787. The zero-order valence-electron chi connectivity index (χ0n) is 10.6. The Morgan fingerprint density at radius 3 is 2.70 bits per heavy atom. The van der Waals surface area contributed by atoms with E-state index >= 15 is 0 Å². The Hall–Kier alpha value is -2.69. The average Bonchev–Trinajstić information content (AvgIpc) is 3.01. The van der Waals surface area contributed by atoms with Crippen molar-refractivity contribution in [2.24, 2.45) is 0 Å². The van der Waals surface area contributed by atoms with Crippen molar-refractivity contribution in [3.63, 3.8) is 0 Å². The maximum absolute atomic E-state index is 12.8. The first-order valence-corrected chi connectivity index (χ1v) is 6.16. The van der Waals surface area contributed by atoms with Gasteiger partial charge in [-0.25, -0.2) is 4.39 Å². The highest BCUT2D eigenvalue weighted by atomic mass is 19.1. The van der Waals surface area contributed by atoms with E-state index in [-0.39, 0.29) is 5.82 Å². The number of aromatic nitrogens is 2. The molecular weight excluding hydrogens is 257 g/mol. The van der Waals surface area contributed by atoms with E-state index in [2.05, 4.69) is 15.5 Å². The van der Waals surface area contributed by atoms with Crippen LogP contribution < -0.4 is 5.32 Å². The SMILES string of the molecule is Fc1ccc(CNc2cccc(-c3nnco3)c2)cc1. The molecule has 1 N–H and O–H groups in total. The van der Waals surface area contributed by atoms with Gasteiger partial charge >= 0.3 is 0 Å². The Morgan fingerprint density at radius 1 is 1.10 bits per heavy atom. The summed E-state index contributed by atoms with van der Waals surface area (Å²) in [7, 11) is 0. The highest BCUT2D eigenvalue weighted by molar-refractivity contribution is 5.60. The first kappa shape index (κ1) is 12.3. The largest absolute Gasteiger partial charge is 0.423 e. The van der Waals surface area contributed by atoms with Crippen LogP contribution in [0.4, 0.5) is 10.1 Å². The van der Waals surface area contributed by atoms with Crippen molar-refractivity contribution in [3.8, 4) is 11.5 Å². The maximum Gasteiger partial charge on any atom is 0.247 e. The fourth-order valence-electron chi connectivity index (χ4n) is 1.87. The van der Waals surface area contributed by atoms with Gasteiger partial charge in [0.25, 0.3) is 0 Å². The third-order valence-electron chi connectivity index (χ3n) is 2.88. The smallest absolute Gasteiger partial charge is 0.247 e. The van der Waals surface area contributed by atoms with Crippen molar-refractivity contribution in [1.82, 2.24) is 10.2 Å². The van der Waals surface area contributed by atoms with Crippen LogP contribution in [0.3, 0.4) is 0 Å². The van der Waals surface area contributed by atoms with Gasteiger partial charge in [-0.15, -0.1) is 10.2 Å². The molecule has 3 rings (SSSR count). The number of nitrogens with one attached hydrogen (secondary N) is 1. The summed E-state index contributed by atoms with van der Waals surface area (Å²) >= 11 is 0. The Bertz CT molecular complexity index is 681. The summed E-state index contributed by atoms with van der Waals surface area (Å²) in [6.07, 6.45) is 1.30.